The molecule has 0 atom stereocenters. The van der Waals surface area contributed by atoms with E-state index in [1.807, 2.05) is 18.2 Å². The lowest BCUT2D eigenvalue weighted by Gasteiger charge is -2.13. The monoisotopic (exact) mass is 490 g/mol. The molecule has 5 aromatic rings. The van der Waals surface area contributed by atoms with E-state index in [-0.39, 0.29) is 22.8 Å². The topological polar surface area (TPSA) is 139 Å². The number of para-hydroxylation sites is 3. The van der Waals surface area contributed by atoms with Gasteiger partial charge in [0.05, 0.1) is 38.6 Å². The molecule has 0 N–H and O–H groups in total. The van der Waals surface area contributed by atoms with Crippen molar-refractivity contribution >= 4 is 44.8 Å². The summed E-state index contributed by atoms with van der Waals surface area (Å²) in [6, 6.07) is 15.3. The first-order chi connectivity index (χ1) is 16.9. The van der Waals surface area contributed by atoms with Crippen LogP contribution in [-0.4, -0.2) is 26.3 Å². The number of methoxy groups -OCH3 is 1. The summed E-state index contributed by atoms with van der Waals surface area (Å²) in [5.41, 5.74) is 0.518. The third kappa shape index (κ3) is 3.81. The molecule has 0 radical (unpaired) electrons. The van der Waals surface area contributed by atoms with Crippen LogP contribution in [0.3, 0.4) is 0 Å². The number of hydrogen-bond donors (Lipinski definition) is 0. The van der Waals surface area contributed by atoms with Crippen molar-refractivity contribution in [1.29, 1.82) is 0 Å². The summed E-state index contributed by atoms with van der Waals surface area (Å²) in [5.74, 6) is 0.155. The fraction of sp³-hybridized carbons (Fsp3) is 0.0435. The number of rotatable bonds is 6. The largest absolute Gasteiger partial charge is 0.493 e. The second-order valence-corrected chi connectivity index (χ2v) is 8.29. The quantitative estimate of drug-likeness (QED) is 0.256. The minimum absolute atomic E-state index is 0.113. The van der Waals surface area contributed by atoms with Crippen LogP contribution in [0.5, 0.6) is 17.2 Å². The van der Waals surface area contributed by atoms with Crippen molar-refractivity contribution in [1.82, 2.24) is 9.38 Å². The van der Waals surface area contributed by atoms with Crippen molar-refractivity contribution < 1.29 is 19.3 Å². The van der Waals surface area contributed by atoms with Crippen LogP contribution in [0.1, 0.15) is 5.56 Å². The van der Waals surface area contributed by atoms with Gasteiger partial charge < -0.3 is 9.47 Å². The summed E-state index contributed by atoms with van der Waals surface area (Å²) in [7, 11) is 1.40. The molecule has 0 spiro atoms. The van der Waals surface area contributed by atoms with E-state index < -0.39 is 21.2 Å². The number of hydrogen-bond acceptors (Lipinski definition) is 9. The zero-order valence-corrected chi connectivity index (χ0v) is 18.7. The van der Waals surface area contributed by atoms with Gasteiger partial charge in [-0.3, -0.25) is 25.0 Å². The number of benzene rings is 3. The molecule has 0 bridgehead atoms. The van der Waals surface area contributed by atoms with Crippen LogP contribution in [0.4, 0.5) is 11.4 Å². The second kappa shape index (κ2) is 8.50. The van der Waals surface area contributed by atoms with E-state index in [0.717, 1.165) is 18.2 Å². The highest BCUT2D eigenvalue weighted by Crippen LogP contribution is 2.40. The van der Waals surface area contributed by atoms with Gasteiger partial charge in [-0.05, 0) is 30.3 Å². The number of thiazole rings is 1. The van der Waals surface area contributed by atoms with Crippen LogP contribution >= 0.6 is 11.3 Å². The van der Waals surface area contributed by atoms with Gasteiger partial charge >= 0.3 is 5.69 Å². The molecule has 0 saturated carbocycles. The van der Waals surface area contributed by atoms with Crippen molar-refractivity contribution in [3.8, 4) is 17.2 Å². The van der Waals surface area contributed by atoms with E-state index in [9.17, 15) is 25.0 Å². The zero-order chi connectivity index (χ0) is 24.7. The number of fused-ring (bicyclic) bond motifs is 3. The highest BCUT2D eigenvalue weighted by molar-refractivity contribution is 7.15. The van der Waals surface area contributed by atoms with Crippen LogP contribution in [0, 0.1) is 20.2 Å². The van der Waals surface area contributed by atoms with E-state index in [0.29, 0.717) is 26.1 Å². The van der Waals surface area contributed by atoms with Gasteiger partial charge in [0.1, 0.15) is 0 Å². The Labute approximate surface area is 199 Å². The lowest BCUT2D eigenvalue weighted by Crippen LogP contribution is -2.22. The number of aromatic nitrogens is 2. The van der Waals surface area contributed by atoms with Crippen molar-refractivity contribution in [3.05, 3.63) is 101 Å². The lowest BCUT2D eigenvalue weighted by molar-refractivity contribution is -0.394. The number of ether oxygens (including phenoxy) is 2. The highest BCUT2D eigenvalue weighted by Gasteiger charge is 2.23. The highest BCUT2D eigenvalue weighted by atomic mass is 32.1. The standard InChI is InChI=1S/C23H14N4O7S/c1-33-19-8-4-5-13(21(19)34-18-10-9-14(26(29)30)12-17(18)27(31)32)11-20-22(28)25-16-7-3-2-6-15(16)24-23(25)35-20/h2-12H,1H3/b20-11+. The normalized spacial score (nSPS) is 11.7. The molecule has 2 aromatic heterocycles. The Kier molecular flexibility index (Phi) is 5.34. The first kappa shape index (κ1) is 22.0. The molecule has 0 fully saturated rings. The van der Waals surface area contributed by atoms with Gasteiger partial charge in [0, 0.05) is 11.6 Å². The van der Waals surface area contributed by atoms with Gasteiger partial charge in [-0.2, -0.15) is 0 Å². The van der Waals surface area contributed by atoms with Crippen molar-refractivity contribution in [3.63, 3.8) is 0 Å². The fourth-order valence-corrected chi connectivity index (χ4v) is 4.61. The molecule has 174 valence electrons. The Morgan fingerprint density at radius 3 is 2.54 bits per heavy atom. The molecular weight excluding hydrogens is 476 g/mol. The predicted molar refractivity (Wildman–Crippen MR) is 128 cm³/mol. The Hall–Kier alpha value is -4.84. The van der Waals surface area contributed by atoms with Gasteiger partial charge in [-0.1, -0.05) is 35.6 Å². The van der Waals surface area contributed by atoms with Gasteiger partial charge in [-0.15, -0.1) is 0 Å². The molecule has 3 aromatic carbocycles. The van der Waals surface area contributed by atoms with Crippen LogP contribution in [0.15, 0.2) is 65.5 Å². The summed E-state index contributed by atoms with van der Waals surface area (Å²) < 4.78 is 13.1. The maximum absolute atomic E-state index is 13.2. The van der Waals surface area contributed by atoms with Gasteiger partial charge in [0.25, 0.3) is 11.2 Å². The average molecular weight is 490 g/mol. The van der Waals surface area contributed by atoms with Gasteiger partial charge in [0.15, 0.2) is 16.5 Å². The minimum Gasteiger partial charge on any atom is -0.493 e. The van der Waals surface area contributed by atoms with Gasteiger partial charge in [0.2, 0.25) is 5.75 Å². The number of nitro groups is 2. The molecule has 0 amide bonds. The van der Waals surface area contributed by atoms with Crippen LogP contribution in [0.2, 0.25) is 0 Å². The number of nitrogens with zero attached hydrogens (tertiary/aromatic N) is 4. The van der Waals surface area contributed by atoms with Crippen LogP contribution in [-0.2, 0) is 0 Å². The molecule has 0 aliphatic heterocycles. The summed E-state index contributed by atoms with van der Waals surface area (Å²) in [4.78, 5) is 39.3. The average Bonchev–Trinajstić information content (AvgIpc) is 3.35. The molecule has 11 nitrogen and oxygen atoms in total. The smallest absolute Gasteiger partial charge is 0.318 e. The van der Waals surface area contributed by atoms with Gasteiger partial charge in [-0.25, -0.2) is 9.38 Å². The number of nitro benzene ring substituents is 2. The van der Waals surface area contributed by atoms with Crippen LogP contribution < -0.4 is 19.6 Å². The molecule has 0 aliphatic rings. The number of imidazole rings is 1. The first-order valence-corrected chi connectivity index (χ1v) is 10.9. The zero-order valence-electron chi connectivity index (χ0n) is 17.9. The SMILES string of the molecule is COc1cccc(/C=c2/sc3nc4ccccc4n3c2=O)c1Oc1ccc([N+](=O)[O-])cc1[N+](=O)[O-]. The Bertz CT molecular complexity index is 1760. The molecule has 5 rings (SSSR count). The van der Waals surface area contributed by atoms with Crippen molar-refractivity contribution in [2.75, 3.05) is 7.11 Å². The Morgan fingerprint density at radius 2 is 1.80 bits per heavy atom. The first-order valence-electron chi connectivity index (χ1n) is 10.1. The molecule has 0 saturated heterocycles. The van der Waals surface area contributed by atoms with E-state index in [4.69, 9.17) is 9.47 Å². The summed E-state index contributed by atoms with van der Waals surface area (Å²) in [6.45, 7) is 0. The third-order valence-corrected chi connectivity index (χ3v) is 6.19. The predicted octanol–water partition coefficient (Wildman–Crippen LogP) is 4.07. The summed E-state index contributed by atoms with van der Waals surface area (Å²) in [5, 5.41) is 22.6. The van der Waals surface area contributed by atoms with Crippen molar-refractivity contribution in [2.24, 2.45) is 0 Å². The fourth-order valence-electron chi connectivity index (χ4n) is 3.63. The van der Waals surface area contributed by atoms with Crippen molar-refractivity contribution in [2.45, 2.75) is 0 Å². The molecule has 12 heteroatoms. The maximum atomic E-state index is 13.2. The second-order valence-electron chi connectivity index (χ2n) is 7.28. The summed E-state index contributed by atoms with van der Waals surface area (Å²) in [6.07, 6.45) is 1.59. The maximum Gasteiger partial charge on any atom is 0.318 e. The molecular formula is C23H14N4O7S. The Balaban J connectivity index is 1.67. The number of non-ortho nitro benzene ring substituents is 1. The van der Waals surface area contributed by atoms with E-state index >= 15 is 0 Å². The molecule has 35 heavy (non-hydrogen) atoms. The summed E-state index contributed by atoms with van der Waals surface area (Å²) >= 11 is 1.19. The third-order valence-electron chi connectivity index (χ3n) is 5.22. The van der Waals surface area contributed by atoms with Crippen LogP contribution in [0.25, 0.3) is 22.1 Å². The Morgan fingerprint density at radius 1 is 1.00 bits per heavy atom. The van der Waals surface area contributed by atoms with E-state index in [1.54, 1.807) is 30.3 Å². The lowest BCUT2D eigenvalue weighted by atomic mass is 10.1. The molecule has 0 unspecified atom stereocenters. The van der Waals surface area contributed by atoms with E-state index in [2.05, 4.69) is 4.98 Å². The molecule has 2 heterocycles. The van der Waals surface area contributed by atoms with E-state index in [1.165, 1.54) is 22.8 Å². The molecule has 0 aliphatic carbocycles. The minimum atomic E-state index is -0.768.